The Bertz CT molecular complexity index is 1060. The van der Waals surface area contributed by atoms with Crippen molar-refractivity contribution in [1.82, 2.24) is 20.2 Å². The fraction of sp³-hybridized carbons (Fsp3) is 0.455. The van der Waals surface area contributed by atoms with Crippen molar-refractivity contribution < 1.29 is 9.59 Å². The van der Waals surface area contributed by atoms with Gasteiger partial charge in [-0.2, -0.15) is 0 Å². The number of rotatable bonds is 9. The normalized spacial score (nSPS) is 14.9. The third-order valence-corrected chi connectivity index (χ3v) is 7.79. The third kappa shape index (κ3) is 4.72. The van der Waals surface area contributed by atoms with Crippen LogP contribution < -0.4 is 10.6 Å². The van der Waals surface area contributed by atoms with Crippen LogP contribution in [0.2, 0.25) is 0 Å². The molecule has 3 aromatic heterocycles. The Morgan fingerprint density at radius 2 is 2.23 bits per heavy atom. The van der Waals surface area contributed by atoms with Crippen LogP contribution in [0.15, 0.2) is 23.8 Å². The number of nitrogens with one attached hydrogen (secondary N) is 2. The van der Waals surface area contributed by atoms with E-state index < -0.39 is 0 Å². The minimum atomic E-state index is -0.0931. The molecule has 2 N–H and O–H groups in total. The predicted octanol–water partition coefficient (Wildman–Crippen LogP) is 4.37. The number of hydrogen-bond acceptors (Lipinski definition) is 7. The highest BCUT2D eigenvalue weighted by Crippen LogP contribution is 2.35. The standard InChI is InChI=1S/C22H27N5O2S2/c1-3-15(16-7-5-12-30-16)26-20-18-14(2)19(31-22(18)25-13-24-20)21(29)23-9-6-11-27-10-4-8-17(27)28/h5,7,12-13,15H,3-4,6,8-11H2,1-2H3,(H,23,29)(H,24,25,26)/t15-/m0/s1. The first-order valence-electron chi connectivity index (χ1n) is 10.7. The quantitative estimate of drug-likeness (QED) is 0.466. The predicted molar refractivity (Wildman–Crippen MR) is 126 cm³/mol. The SMILES string of the molecule is CC[C@H](Nc1ncnc2sc(C(=O)NCCCN3CCCC3=O)c(C)c12)c1cccs1. The van der Waals surface area contributed by atoms with Crippen molar-refractivity contribution in [2.24, 2.45) is 0 Å². The molecular weight excluding hydrogens is 430 g/mol. The molecule has 1 fully saturated rings. The van der Waals surface area contributed by atoms with Crippen molar-refractivity contribution in [2.45, 2.75) is 45.6 Å². The number of aryl methyl sites for hydroxylation is 1. The summed E-state index contributed by atoms with van der Waals surface area (Å²) >= 11 is 3.12. The monoisotopic (exact) mass is 457 g/mol. The molecule has 0 aromatic carbocycles. The summed E-state index contributed by atoms with van der Waals surface area (Å²) in [4.78, 5) is 38.0. The molecule has 2 amide bonds. The summed E-state index contributed by atoms with van der Waals surface area (Å²) in [5.74, 6) is 0.897. The van der Waals surface area contributed by atoms with Gasteiger partial charge in [0, 0.05) is 30.9 Å². The van der Waals surface area contributed by atoms with Gasteiger partial charge in [-0.05, 0) is 43.2 Å². The molecule has 1 aliphatic heterocycles. The minimum Gasteiger partial charge on any atom is -0.362 e. The maximum Gasteiger partial charge on any atom is 0.261 e. The average molecular weight is 458 g/mol. The van der Waals surface area contributed by atoms with Crippen LogP contribution in [-0.2, 0) is 4.79 Å². The lowest BCUT2D eigenvalue weighted by molar-refractivity contribution is -0.127. The van der Waals surface area contributed by atoms with Crippen molar-refractivity contribution in [1.29, 1.82) is 0 Å². The molecule has 1 atom stereocenters. The van der Waals surface area contributed by atoms with E-state index in [1.807, 2.05) is 11.8 Å². The molecule has 3 aromatic rings. The first kappa shape index (κ1) is 21.7. The average Bonchev–Trinajstić information content (AvgIpc) is 3.51. The van der Waals surface area contributed by atoms with Gasteiger partial charge >= 0.3 is 0 Å². The summed E-state index contributed by atoms with van der Waals surface area (Å²) in [7, 11) is 0. The number of likely N-dealkylation sites (tertiary alicyclic amines) is 1. The topological polar surface area (TPSA) is 87.2 Å². The lowest BCUT2D eigenvalue weighted by Gasteiger charge is -2.17. The maximum atomic E-state index is 12.8. The second kappa shape index (κ2) is 9.74. The Morgan fingerprint density at radius 1 is 1.35 bits per heavy atom. The van der Waals surface area contributed by atoms with E-state index in [9.17, 15) is 9.59 Å². The van der Waals surface area contributed by atoms with Gasteiger partial charge in [-0.25, -0.2) is 9.97 Å². The van der Waals surface area contributed by atoms with Crippen molar-refractivity contribution in [3.05, 3.63) is 39.2 Å². The van der Waals surface area contributed by atoms with Gasteiger partial charge < -0.3 is 15.5 Å². The van der Waals surface area contributed by atoms with Gasteiger partial charge in [-0.1, -0.05) is 13.0 Å². The number of aromatic nitrogens is 2. The lowest BCUT2D eigenvalue weighted by atomic mass is 10.1. The zero-order valence-corrected chi connectivity index (χ0v) is 19.4. The first-order valence-corrected chi connectivity index (χ1v) is 12.4. The summed E-state index contributed by atoms with van der Waals surface area (Å²) in [5, 5.41) is 9.54. The van der Waals surface area contributed by atoms with E-state index in [1.165, 1.54) is 16.2 Å². The smallest absolute Gasteiger partial charge is 0.261 e. The zero-order chi connectivity index (χ0) is 21.8. The molecule has 1 saturated heterocycles. The maximum absolute atomic E-state index is 12.8. The molecule has 4 heterocycles. The Hall–Kier alpha value is -2.52. The zero-order valence-electron chi connectivity index (χ0n) is 17.8. The van der Waals surface area contributed by atoms with Crippen molar-refractivity contribution in [2.75, 3.05) is 25.0 Å². The van der Waals surface area contributed by atoms with E-state index in [4.69, 9.17) is 0 Å². The Morgan fingerprint density at radius 3 is 2.94 bits per heavy atom. The molecule has 164 valence electrons. The van der Waals surface area contributed by atoms with E-state index in [2.05, 4.69) is 45.0 Å². The third-order valence-electron chi connectivity index (χ3n) is 5.60. The fourth-order valence-corrected chi connectivity index (χ4v) is 5.85. The largest absolute Gasteiger partial charge is 0.362 e. The van der Waals surface area contributed by atoms with Crippen LogP contribution in [0.5, 0.6) is 0 Å². The van der Waals surface area contributed by atoms with Gasteiger partial charge in [0.15, 0.2) is 0 Å². The summed E-state index contributed by atoms with van der Waals surface area (Å²) in [6.07, 6.45) is 4.83. The minimum absolute atomic E-state index is 0.0931. The van der Waals surface area contributed by atoms with Crippen LogP contribution in [-0.4, -0.2) is 46.3 Å². The van der Waals surface area contributed by atoms with E-state index in [0.717, 1.165) is 47.4 Å². The number of carbonyl (C=O) groups is 2. The first-order chi connectivity index (χ1) is 15.1. The summed E-state index contributed by atoms with van der Waals surface area (Å²) < 4.78 is 0. The van der Waals surface area contributed by atoms with Crippen LogP contribution >= 0.6 is 22.7 Å². The van der Waals surface area contributed by atoms with Crippen molar-refractivity contribution in [3.8, 4) is 0 Å². The molecule has 9 heteroatoms. The number of hydrogen-bond donors (Lipinski definition) is 2. The fourth-order valence-electron chi connectivity index (χ4n) is 3.92. The highest BCUT2D eigenvalue weighted by atomic mass is 32.1. The summed E-state index contributed by atoms with van der Waals surface area (Å²) in [6, 6.07) is 4.35. The molecule has 0 aliphatic carbocycles. The number of fused-ring (bicyclic) bond motifs is 1. The van der Waals surface area contributed by atoms with Gasteiger partial charge in [0.05, 0.1) is 16.3 Å². The summed E-state index contributed by atoms with van der Waals surface area (Å²) in [5.41, 5.74) is 0.899. The van der Waals surface area contributed by atoms with Crippen molar-refractivity contribution >= 4 is 50.5 Å². The van der Waals surface area contributed by atoms with Gasteiger partial charge in [0.2, 0.25) is 5.91 Å². The molecule has 0 saturated carbocycles. The van der Waals surface area contributed by atoms with Gasteiger partial charge in [0.25, 0.3) is 5.91 Å². The Balaban J connectivity index is 1.45. The number of anilines is 1. The second-order valence-electron chi connectivity index (χ2n) is 7.67. The Labute approximate surface area is 189 Å². The molecule has 4 rings (SSSR count). The van der Waals surface area contributed by atoms with Crippen LogP contribution in [0, 0.1) is 6.92 Å². The number of carbonyl (C=O) groups excluding carboxylic acids is 2. The molecule has 7 nitrogen and oxygen atoms in total. The number of thiophene rings is 2. The molecule has 0 bridgehead atoms. The van der Waals surface area contributed by atoms with E-state index in [1.54, 1.807) is 17.7 Å². The highest BCUT2D eigenvalue weighted by Gasteiger charge is 2.22. The summed E-state index contributed by atoms with van der Waals surface area (Å²) in [6.45, 7) is 6.18. The molecule has 0 radical (unpaired) electrons. The van der Waals surface area contributed by atoms with Crippen LogP contribution in [0.1, 0.15) is 58.8 Å². The molecule has 31 heavy (non-hydrogen) atoms. The molecule has 1 aliphatic rings. The number of amides is 2. The van der Waals surface area contributed by atoms with Crippen LogP contribution in [0.25, 0.3) is 10.2 Å². The van der Waals surface area contributed by atoms with Gasteiger partial charge in [-0.15, -0.1) is 22.7 Å². The van der Waals surface area contributed by atoms with E-state index >= 15 is 0 Å². The second-order valence-corrected chi connectivity index (χ2v) is 9.65. The van der Waals surface area contributed by atoms with Crippen LogP contribution in [0.3, 0.4) is 0 Å². The van der Waals surface area contributed by atoms with Gasteiger partial charge in [0.1, 0.15) is 17.0 Å². The number of nitrogens with zero attached hydrogens (tertiary/aromatic N) is 3. The lowest BCUT2D eigenvalue weighted by Crippen LogP contribution is -2.30. The molecule has 0 unspecified atom stereocenters. The van der Waals surface area contributed by atoms with E-state index in [-0.39, 0.29) is 17.9 Å². The van der Waals surface area contributed by atoms with Crippen molar-refractivity contribution in [3.63, 3.8) is 0 Å². The Kier molecular flexibility index (Phi) is 6.82. The molecular formula is C22H27N5O2S2. The molecule has 0 spiro atoms. The highest BCUT2D eigenvalue weighted by molar-refractivity contribution is 7.20. The van der Waals surface area contributed by atoms with Crippen LogP contribution in [0.4, 0.5) is 5.82 Å². The van der Waals surface area contributed by atoms with Gasteiger partial charge in [-0.3, -0.25) is 9.59 Å². The van der Waals surface area contributed by atoms with E-state index in [0.29, 0.717) is 24.4 Å².